The molecule has 4 heteroatoms. The summed E-state index contributed by atoms with van der Waals surface area (Å²) in [5.74, 6) is 0.380. The van der Waals surface area contributed by atoms with Crippen molar-refractivity contribution in [1.82, 2.24) is 0 Å². The van der Waals surface area contributed by atoms with E-state index in [0.29, 0.717) is 5.92 Å². The average Bonchev–Trinajstić information content (AvgIpc) is 2.88. The number of halogens is 1. The maximum atomic E-state index is 13.0. The molecule has 1 aromatic rings. The topological polar surface area (TPSA) is 26.3 Å². The van der Waals surface area contributed by atoms with Gasteiger partial charge in [-0.15, -0.1) is 0 Å². The molecule has 0 aromatic heterocycles. The van der Waals surface area contributed by atoms with Gasteiger partial charge in [-0.1, -0.05) is 49.6 Å². The van der Waals surface area contributed by atoms with Gasteiger partial charge in [0.1, 0.15) is 6.54 Å². The second-order valence-corrected chi connectivity index (χ2v) is 7.98. The predicted octanol–water partition coefficient (Wildman–Crippen LogP) is 0.746. The molecular weight excluding hydrogens is 413 g/mol. The van der Waals surface area contributed by atoms with Crippen LogP contribution >= 0.6 is 0 Å². The molecule has 2 fully saturated rings. The van der Waals surface area contributed by atoms with Crippen LogP contribution in [0.2, 0.25) is 0 Å². The minimum atomic E-state index is -0.0762. The quantitative estimate of drug-likeness (QED) is 0.390. The van der Waals surface area contributed by atoms with Crippen LogP contribution in [0.5, 0.6) is 0 Å². The van der Waals surface area contributed by atoms with Gasteiger partial charge in [-0.2, -0.15) is 0 Å². The second kappa shape index (κ2) is 8.65. The third kappa shape index (κ3) is 4.94. The highest BCUT2D eigenvalue weighted by Crippen LogP contribution is 2.37. The summed E-state index contributed by atoms with van der Waals surface area (Å²) in [6.07, 6.45) is 7.18. The Morgan fingerprint density at radius 2 is 1.75 bits per heavy atom. The number of rotatable bonds is 4. The third-order valence-electron chi connectivity index (χ3n) is 5.57. The lowest BCUT2D eigenvalue weighted by Crippen LogP contribution is -3.00. The van der Waals surface area contributed by atoms with Gasteiger partial charge in [0.2, 0.25) is 0 Å². The maximum Gasteiger partial charge on any atom is 0.314 e. The summed E-state index contributed by atoms with van der Waals surface area (Å²) in [7, 11) is 4.42. The Balaban J connectivity index is 0.00000208. The molecule has 0 radical (unpaired) electrons. The molecule has 2 atom stereocenters. The van der Waals surface area contributed by atoms with Gasteiger partial charge in [-0.05, 0) is 24.3 Å². The van der Waals surface area contributed by atoms with Crippen LogP contribution in [-0.2, 0) is 9.53 Å². The van der Waals surface area contributed by atoms with Gasteiger partial charge in [-0.25, -0.2) is 0 Å². The van der Waals surface area contributed by atoms with Crippen molar-refractivity contribution in [3.63, 3.8) is 0 Å². The molecule has 0 amide bonds. The number of carbonyl (C=O) groups is 1. The fourth-order valence-electron chi connectivity index (χ4n) is 4.29. The standard InChI is InChI=1S/C20H30NO2.HI/c1-21(2)14-13-18(15-21)23-20(22)19(16-9-5-3-6-10-16)17-11-7-4-8-12-17;/h3,5-6,9-10,17-19H,4,7-8,11-15H2,1-2H3;1H/q+1;/p-1. The van der Waals surface area contributed by atoms with Crippen LogP contribution in [0, 0.1) is 5.92 Å². The number of benzene rings is 1. The Bertz CT molecular complexity index is 526. The predicted molar refractivity (Wildman–Crippen MR) is 92.1 cm³/mol. The first kappa shape index (κ1) is 19.7. The summed E-state index contributed by atoms with van der Waals surface area (Å²) in [5.41, 5.74) is 1.14. The number of likely N-dealkylation sites (N-methyl/N-ethyl adjacent to an activating group) is 1. The molecule has 24 heavy (non-hydrogen) atoms. The molecule has 1 saturated heterocycles. The minimum absolute atomic E-state index is 0. The molecule has 1 saturated carbocycles. The van der Waals surface area contributed by atoms with Crippen LogP contribution in [-0.4, -0.2) is 43.7 Å². The zero-order valence-corrected chi connectivity index (χ0v) is 17.1. The van der Waals surface area contributed by atoms with Crippen LogP contribution in [0.1, 0.15) is 50.0 Å². The molecule has 3 nitrogen and oxygen atoms in total. The zero-order chi connectivity index (χ0) is 16.3. The number of ether oxygens (including phenoxy) is 1. The van der Waals surface area contributed by atoms with Crippen LogP contribution < -0.4 is 24.0 Å². The van der Waals surface area contributed by atoms with Crippen molar-refractivity contribution < 1.29 is 38.0 Å². The fourth-order valence-corrected chi connectivity index (χ4v) is 4.29. The first-order valence-corrected chi connectivity index (χ1v) is 9.13. The molecular formula is C20H30INO2. The molecule has 1 aromatic carbocycles. The number of hydrogen-bond donors (Lipinski definition) is 0. The van der Waals surface area contributed by atoms with Gasteiger partial charge in [0.15, 0.2) is 6.10 Å². The molecule has 0 bridgehead atoms. The van der Waals surface area contributed by atoms with Crippen molar-refractivity contribution in [3.8, 4) is 0 Å². The summed E-state index contributed by atoms with van der Waals surface area (Å²) in [6, 6.07) is 10.3. The highest BCUT2D eigenvalue weighted by Gasteiger charge is 2.37. The Labute approximate surface area is 163 Å². The molecule has 134 valence electrons. The van der Waals surface area contributed by atoms with Crippen LogP contribution in [0.25, 0.3) is 0 Å². The molecule has 0 N–H and O–H groups in total. The van der Waals surface area contributed by atoms with E-state index in [9.17, 15) is 4.79 Å². The van der Waals surface area contributed by atoms with E-state index in [1.54, 1.807) is 0 Å². The normalized spacial score (nSPS) is 24.8. The van der Waals surface area contributed by atoms with E-state index in [4.69, 9.17) is 4.74 Å². The van der Waals surface area contributed by atoms with Crippen molar-refractivity contribution in [1.29, 1.82) is 0 Å². The molecule has 0 spiro atoms. The van der Waals surface area contributed by atoms with Gasteiger partial charge in [0.25, 0.3) is 0 Å². The third-order valence-corrected chi connectivity index (χ3v) is 5.57. The summed E-state index contributed by atoms with van der Waals surface area (Å²) in [6.45, 7) is 2.04. The SMILES string of the molecule is C[N+]1(C)CCC(OC(=O)C(c2ccccc2)C2CCCCC2)C1.[I-]. The van der Waals surface area contributed by atoms with Gasteiger partial charge in [0.05, 0.1) is 26.6 Å². The number of hydrogen-bond acceptors (Lipinski definition) is 2. The van der Waals surface area contributed by atoms with Gasteiger partial charge < -0.3 is 33.2 Å². The van der Waals surface area contributed by atoms with Crippen LogP contribution in [0.3, 0.4) is 0 Å². The van der Waals surface area contributed by atoms with E-state index in [0.717, 1.165) is 42.4 Å². The first-order valence-electron chi connectivity index (χ1n) is 9.13. The maximum absolute atomic E-state index is 13.0. The summed E-state index contributed by atoms with van der Waals surface area (Å²) in [5, 5.41) is 0. The summed E-state index contributed by atoms with van der Waals surface area (Å²) < 4.78 is 6.92. The van der Waals surface area contributed by atoms with Gasteiger partial charge in [0, 0.05) is 6.42 Å². The van der Waals surface area contributed by atoms with E-state index >= 15 is 0 Å². The molecule has 1 heterocycles. The second-order valence-electron chi connectivity index (χ2n) is 7.98. The van der Waals surface area contributed by atoms with E-state index in [2.05, 4.69) is 26.2 Å². The number of likely N-dealkylation sites (tertiary alicyclic amines) is 1. The van der Waals surface area contributed by atoms with Crippen molar-refractivity contribution >= 4 is 5.97 Å². The summed E-state index contributed by atoms with van der Waals surface area (Å²) in [4.78, 5) is 13.0. The molecule has 2 aliphatic rings. The smallest absolute Gasteiger partial charge is 0.314 e. The number of quaternary nitrogens is 1. The fraction of sp³-hybridized carbons (Fsp3) is 0.650. The largest absolute Gasteiger partial charge is 1.00 e. The summed E-state index contributed by atoms with van der Waals surface area (Å²) >= 11 is 0. The number of carbonyl (C=O) groups excluding carboxylic acids is 1. The van der Waals surface area contributed by atoms with E-state index in [1.807, 2.05) is 18.2 Å². The first-order chi connectivity index (χ1) is 11.1. The van der Waals surface area contributed by atoms with Crippen molar-refractivity contribution in [2.24, 2.45) is 5.92 Å². The molecule has 3 rings (SSSR count). The van der Waals surface area contributed by atoms with Crippen LogP contribution in [0.15, 0.2) is 30.3 Å². The lowest BCUT2D eigenvalue weighted by Gasteiger charge is -2.30. The Kier molecular flexibility index (Phi) is 7.10. The van der Waals surface area contributed by atoms with Crippen molar-refractivity contribution in [2.75, 3.05) is 27.2 Å². The number of esters is 1. The monoisotopic (exact) mass is 443 g/mol. The van der Waals surface area contributed by atoms with Crippen molar-refractivity contribution in [3.05, 3.63) is 35.9 Å². The van der Waals surface area contributed by atoms with Gasteiger partial charge >= 0.3 is 5.97 Å². The molecule has 1 aliphatic carbocycles. The average molecular weight is 443 g/mol. The Hall–Kier alpha value is -0.620. The lowest BCUT2D eigenvalue weighted by molar-refractivity contribution is -0.879. The molecule has 2 unspecified atom stereocenters. The zero-order valence-electron chi connectivity index (χ0n) is 14.9. The van der Waals surface area contributed by atoms with E-state index in [-0.39, 0.29) is 42.0 Å². The highest BCUT2D eigenvalue weighted by atomic mass is 127. The van der Waals surface area contributed by atoms with E-state index in [1.165, 1.54) is 19.3 Å². The van der Waals surface area contributed by atoms with Gasteiger partial charge in [-0.3, -0.25) is 4.79 Å². The number of nitrogens with zero attached hydrogens (tertiary/aromatic N) is 1. The van der Waals surface area contributed by atoms with Crippen molar-refractivity contribution in [2.45, 2.75) is 50.5 Å². The highest BCUT2D eigenvalue weighted by molar-refractivity contribution is 5.78. The Morgan fingerprint density at radius 1 is 1.08 bits per heavy atom. The van der Waals surface area contributed by atoms with E-state index < -0.39 is 0 Å². The van der Waals surface area contributed by atoms with Crippen LogP contribution in [0.4, 0.5) is 0 Å². The minimum Gasteiger partial charge on any atom is -1.00 e. The Morgan fingerprint density at radius 3 is 2.33 bits per heavy atom. The lowest BCUT2D eigenvalue weighted by atomic mass is 9.77. The molecule has 1 aliphatic heterocycles.